The molecule has 3 rings (SSSR count). The summed E-state index contributed by atoms with van der Waals surface area (Å²) in [4.78, 5) is 0. The topological polar surface area (TPSA) is 73.5 Å². The van der Waals surface area contributed by atoms with Crippen molar-refractivity contribution in [2.45, 2.75) is 6.54 Å². The number of aryl methyl sites for hydroxylation is 2. The fourth-order valence-electron chi connectivity index (χ4n) is 1.95. The standard InChI is InChI=1S/C13H15N7/c1-19-9-16-17-13(19)10-3-5-11(6-4-10)14-7-12-8-15-18-20(12)2/h3-6,8-9,14H,7H2,1-2H3. The molecule has 7 nitrogen and oxygen atoms in total. The molecule has 102 valence electrons. The van der Waals surface area contributed by atoms with Gasteiger partial charge in [0.25, 0.3) is 0 Å². The van der Waals surface area contributed by atoms with E-state index in [2.05, 4.69) is 25.8 Å². The Balaban J connectivity index is 1.71. The number of anilines is 1. The lowest BCUT2D eigenvalue weighted by Gasteiger charge is -2.07. The third-order valence-corrected chi connectivity index (χ3v) is 3.14. The normalized spacial score (nSPS) is 10.7. The van der Waals surface area contributed by atoms with Crippen LogP contribution in [-0.2, 0) is 20.6 Å². The van der Waals surface area contributed by atoms with Crippen LogP contribution in [-0.4, -0.2) is 29.8 Å². The zero-order valence-corrected chi connectivity index (χ0v) is 11.4. The van der Waals surface area contributed by atoms with Crippen molar-refractivity contribution in [3.05, 3.63) is 42.5 Å². The van der Waals surface area contributed by atoms with E-state index in [4.69, 9.17) is 0 Å². The van der Waals surface area contributed by atoms with Crippen molar-refractivity contribution in [3.8, 4) is 11.4 Å². The van der Waals surface area contributed by atoms with Gasteiger partial charge in [-0.25, -0.2) is 0 Å². The highest BCUT2D eigenvalue weighted by Gasteiger charge is 2.04. The lowest BCUT2D eigenvalue weighted by molar-refractivity contribution is 0.683. The molecule has 0 fully saturated rings. The first-order valence-corrected chi connectivity index (χ1v) is 6.26. The number of hydrogen-bond acceptors (Lipinski definition) is 5. The quantitative estimate of drug-likeness (QED) is 0.771. The molecule has 0 aliphatic rings. The second kappa shape index (κ2) is 5.12. The smallest absolute Gasteiger partial charge is 0.163 e. The zero-order valence-electron chi connectivity index (χ0n) is 11.4. The molecule has 0 aliphatic heterocycles. The van der Waals surface area contributed by atoms with Gasteiger partial charge < -0.3 is 9.88 Å². The summed E-state index contributed by atoms with van der Waals surface area (Å²) in [5, 5.41) is 19.0. The van der Waals surface area contributed by atoms with E-state index in [1.165, 1.54) is 0 Å². The predicted molar refractivity (Wildman–Crippen MR) is 74.8 cm³/mol. The Hall–Kier alpha value is -2.70. The van der Waals surface area contributed by atoms with Crippen LogP contribution in [0.4, 0.5) is 5.69 Å². The third kappa shape index (κ3) is 2.37. The van der Waals surface area contributed by atoms with Crippen LogP contribution in [0.25, 0.3) is 11.4 Å². The van der Waals surface area contributed by atoms with Crippen LogP contribution in [0, 0.1) is 0 Å². The maximum absolute atomic E-state index is 4.09. The average Bonchev–Trinajstić information content (AvgIpc) is 3.06. The molecular formula is C13H15N7. The third-order valence-electron chi connectivity index (χ3n) is 3.14. The molecule has 0 radical (unpaired) electrons. The van der Waals surface area contributed by atoms with E-state index in [0.29, 0.717) is 6.54 Å². The van der Waals surface area contributed by atoms with Gasteiger partial charge in [-0.05, 0) is 24.3 Å². The van der Waals surface area contributed by atoms with Gasteiger partial charge in [-0.2, -0.15) is 0 Å². The number of nitrogens with one attached hydrogen (secondary N) is 1. The number of benzene rings is 1. The molecule has 0 saturated carbocycles. The minimum atomic E-state index is 0.687. The molecule has 0 unspecified atom stereocenters. The van der Waals surface area contributed by atoms with E-state index >= 15 is 0 Å². The van der Waals surface area contributed by atoms with E-state index in [1.54, 1.807) is 17.2 Å². The average molecular weight is 269 g/mol. The molecule has 0 atom stereocenters. The lowest BCUT2D eigenvalue weighted by Crippen LogP contribution is -2.05. The molecule has 7 heteroatoms. The van der Waals surface area contributed by atoms with E-state index in [1.807, 2.05) is 42.9 Å². The predicted octanol–water partition coefficient (Wildman–Crippen LogP) is 1.22. The van der Waals surface area contributed by atoms with Gasteiger partial charge >= 0.3 is 0 Å². The Morgan fingerprint density at radius 1 is 1.10 bits per heavy atom. The van der Waals surface area contributed by atoms with E-state index < -0.39 is 0 Å². The summed E-state index contributed by atoms with van der Waals surface area (Å²) in [6.07, 6.45) is 3.44. The Morgan fingerprint density at radius 2 is 1.90 bits per heavy atom. The summed E-state index contributed by atoms with van der Waals surface area (Å²) >= 11 is 0. The minimum absolute atomic E-state index is 0.687. The van der Waals surface area contributed by atoms with Gasteiger partial charge in [-0.3, -0.25) is 4.68 Å². The van der Waals surface area contributed by atoms with Crippen LogP contribution in [0.5, 0.6) is 0 Å². The van der Waals surface area contributed by atoms with Gasteiger partial charge in [0.05, 0.1) is 18.4 Å². The van der Waals surface area contributed by atoms with Crippen molar-refractivity contribution in [2.24, 2.45) is 14.1 Å². The molecule has 1 N–H and O–H groups in total. The number of nitrogens with zero attached hydrogens (tertiary/aromatic N) is 6. The monoisotopic (exact) mass is 269 g/mol. The largest absolute Gasteiger partial charge is 0.379 e. The minimum Gasteiger partial charge on any atom is -0.379 e. The number of aromatic nitrogens is 6. The van der Waals surface area contributed by atoms with Crippen molar-refractivity contribution in [1.29, 1.82) is 0 Å². The van der Waals surface area contributed by atoms with E-state index in [-0.39, 0.29) is 0 Å². The van der Waals surface area contributed by atoms with Crippen molar-refractivity contribution >= 4 is 5.69 Å². The number of rotatable bonds is 4. The molecule has 0 spiro atoms. The summed E-state index contributed by atoms with van der Waals surface area (Å²) in [5.41, 5.74) is 3.11. The summed E-state index contributed by atoms with van der Waals surface area (Å²) < 4.78 is 3.64. The van der Waals surface area contributed by atoms with Gasteiger partial charge in [-0.15, -0.1) is 15.3 Å². The highest BCUT2D eigenvalue weighted by molar-refractivity contribution is 5.59. The van der Waals surface area contributed by atoms with Crippen LogP contribution in [0.2, 0.25) is 0 Å². The SMILES string of the molecule is Cn1cnnc1-c1ccc(NCc2cnnn2C)cc1. The van der Waals surface area contributed by atoms with Crippen LogP contribution in [0.3, 0.4) is 0 Å². The summed E-state index contributed by atoms with van der Waals surface area (Å²) in [5.74, 6) is 0.854. The molecule has 3 aromatic rings. The molecule has 0 amide bonds. The first-order valence-electron chi connectivity index (χ1n) is 6.26. The highest BCUT2D eigenvalue weighted by Crippen LogP contribution is 2.18. The fourth-order valence-corrected chi connectivity index (χ4v) is 1.95. The first-order chi connectivity index (χ1) is 9.74. The van der Waals surface area contributed by atoms with Crippen LogP contribution >= 0.6 is 0 Å². The van der Waals surface area contributed by atoms with Crippen LogP contribution in [0.1, 0.15) is 5.69 Å². The molecule has 2 heterocycles. The highest BCUT2D eigenvalue weighted by atomic mass is 15.4. The van der Waals surface area contributed by atoms with Crippen LogP contribution in [0.15, 0.2) is 36.8 Å². The van der Waals surface area contributed by atoms with Crippen molar-refractivity contribution in [1.82, 2.24) is 29.8 Å². The Morgan fingerprint density at radius 3 is 2.50 bits per heavy atom. The molecule has 20 heavy (non-hydrogen) atoms. The van der Waals surface area contributed by atoms with Gasteiger partial charge in [0.15, 0.2) is 5.82 Å². The number of hydrogen-bond donors (Lipinski definition) is 1. The molecule has 2 aromatic heterocycles. The molecule has 0 bridgehead atoms. The second-order valence-electron chi connectivity index (χ2n) is 4.55. The summed E-state index contributed by atoms with van der Waals surface area (Å²) in [6, 6.07) is 8.09. The van der Waals surface area contributed by atoms with Gasteiger partial charge in [0, 0.05) is 25.3 Å². The lowest BCUT2D eigenvalue weighted by atomic mass is 10.2. The van der Waals surface area contributed by atoms with Crippen molar-refractivity contribution < 1.29 is 0 Å². The van der Waals surface area contributed by atoms with E-state index in [0.717, 1.165) is 22.8 Å². The van der Waals surface area contributed by atoms with E-state index in [9.17, 15) is 0 Å². The van der Waals surface area contributed by atoms with Crippen molar-refractivity contribution in [3.63, 3.8) is 0 Å². The Bertz CT molecular complexity index is 696. The zero-order chi connectivity index (χ0) is 13.9. The fraction of sp³-hybridized carbons (Fsp3) is 0.231. The first kappa shape index (κ1) is 12.3. The second-order valence-corrected chi connectivity index (χ2v) is 4.55. The molecule has 1 aromatic carbocycles. The molecule has 0 saturated heterocycles. The van der Waals surface area contributed by atoms with Crippen LogP contribution < -0.4 is 5.32 Å². The maximum atomic E-state index is 4.09. The van der Waals surface area contributed by atoms with Gasteiger partial charge in [0.1, 0.15) is 6.33 Å². The Labute approximate surface area is 116 Å². The molecule has 0 aliphatic carbocycles. The van der Waals surface area contributed by atoms with Gasteiger partial charge in [0.2, 0.25) is 0 Å². The maximum Gasteiger partial charge on any atom is 0.163 e. The summed E-state index contributed by atoms with van der Waals surface area (Å²) in [7, 11) is 3.80. The molecular weight excluding hydrogens is 254 g/mol. The van der Waals surface area contributed by atoms with Crippen molar-refractivity contribution in [2.75, 3.05) is 5.32 Å². The Kier molecular flexibility index (Phi) is 3.16. The summed E-state index contributed by atoms with van der Waals surface area (Å²) in [6.45, 7) is 0.687. The van der Waals surface area contributed by atoms with Gasteiger partial charge in [-0.1, -0.05) is 5.21 Å².